The zero-order chi connectivity index (χ0) is 26.7. The van der Waals surface area contributed by atoms with Crippen LogP contribution >= 0.6 is 0 Å². The molecule has 0 rings (SSSR count). The van der Waals surface area contributed by atoms with Crippen molar-refractivity contribution in [3.05, 3.63) is 0 Å². The number of rotatable bonds is 24. The van der Waals surface area contributed by atoms with Gasteiger partial charge in [0.05, 0.1) is 12.5 Å². The fourth-order valence-corrected chi connectivity index (χ4v) is 5.84. The number of aliphatic carboxylic acids is 3. The smallest absolute Gasteiger partial charge is 0.362 e. The van der Waals surface area contributed by atoms with E-state index in [-0.39, 0.29) is 25.8 Å². The Labute approximate surface area is 213 Å². The number of hydrogen-bond donors (Lipinski definition) is 2. The Morgan fingerprint density at radius 3 is 1.14 bits per heavy atom. The third-order valence-electron chi connectivity index (χ3n) is 7.64. The molecule has 0 aliphatic carbocycles. The van der Waals surface area contributed by atoms with Crippen LogP contribution in [0.25, 0.3) is 0 Å². The molecule has 206 valence electrons. The van der Waals surface area contributed by atoms with Crippen LogP contribution in [0.2, 0.25) is 0 Å². The summed E-state index contributed by atoms with van der Waals surface area (Å²) in [4.78, 5) is 36.5. The number of carbonyl (C=O) groups excluding carboxylic acids is 1. The van der Waals surface area contributed by atoms with E-state index in [2.05, 4.69) is 6.92 Å². The Balaban J connectivity index is 4.90. The lowest BCUT2D eigenvalue weighted by Gasteiger charge is -2.51. The summed E-state index contributed by atoms with van der Waals surface area (Å²) in [6.07, 6.45) is 17.0. The fourth-order valence-electron chi connectivity index (χ4n) is 5.84. The van der Waals surface area contributed by atoms with E-state index >= 15 is 0 Å². The van der Waals surface area contributed by atoms with Gasteiger partial charge in [-0.15, -0.1) is 0 Å². The second-order valence-corrected chi connectivity index (χ2v) is 10.1. The van der Waals surface area contributed by atoms with E-state index in [4.69, 9.17) is 0 Å². The van der Waals surface area contributed by atoms with Gasteiger partial charge in [0.2, 0.25) is 0 Å². The van der Waals surface area contributed by atoms with E-state index in [1.807, 2.05) is 0 Å². The van der Waals surface area contributed by atoms with Gasteiger partial charge in [-0.05, 0) is 12.8 Å². The minimum atomic E-state index is -1.36. The van der Waals surface area contributed by atoms with E-state index in [0.29, 0.717) is 6.42 Å². The van der Waals surface area contributed by atoms with E-state index in [1.165, 1.54) is 64.2 Å². The van der Waals surface area contributed by atoms with Gasteiger partial charge in [-0.3, -0.25) is 4.48 Å². The van der Waals surface area contributed by atoms with Gasteiger partial charge < -0.3 is 20.1 Å². The van der Waals surface area contributed by atoms with Crippen LogP contribution in [-0.2, 0) is 14.4 Å². The molecular weight excluding hydrogens is 446 g/mol. The van der Waals surface area contributed by atoms with Crippen LogP contribution in [0, 0.1) is 0 Å². The van der Waals surface area contributed by atoms with Gasteiger partial charge in [0.25, 0.3) is 0 Å². The van der Waals surface area contributed by atoms with Crippen molar-refractivity contribution >= 4 is 17.9 Å². The molecule has 0 radical (unpaired) electrons. The molecule has 7 heteroatoms. The summed E-state index contributed by atoms with van der Waals surface area (Å²) in [5.74, 6) is -3.65. The Kier molecular flexibility index (Phi) is 18.6. The normalized spacial score (nSPS) is 15.8. The van der Waals surface area contributed by atoms with Gasteiger partial charge >= 0.3 is 11.9 Å². The van der Waals surface area contributed by atoms with Crippen LogP contribution in [0.15, 0.2) is 0 Å². The van der Waals surface area contributed by atoms with Crippen LogP contribution < -0.4 is 5.11 Å². The standard InChI is InChI=1S/C28H53NO6/c1-5-9-10-11-12-13-14-15-16-17-18-19-20-21-22-29(23(6-2)26(30)31,24(7-3)27(32)33)25(8-4)28(34)35/h23-25H,5-22H2,1-4H3,(H2-,30,31,32,33,34,35). The lowest BCUT2D eigenvalue weighted by Crippen LogP contribution is -2.73. The first kappa shape index (κ1) is 33.4. The largest absolute Gasteiger partial charge is 0.544 e. The molecule has 0 aliphatic heterocycles. The summed E-state index contributed by atoms with van der Waals surface area (Å²) in [6, 6.07) is -3.36. The Morgan fingerprint density at radius 1 is 0.571 bits per heavy atom. The molecular formula is C28H53NO6. The van der Waals surface area contributed by atoms with Crippen molar-refractivity contribution in [1.82, 2.24) is 0 Å². The highest BCUT2D eigenvalue weighted by Gasteiger charge is 2.53. The first-order chi connectivity index (χ1) is 16.7. The molecule has 0 saturated heterocycles. The highest BCUT2D eigenvalue weighted by Crippen LogP contribution is 2.32. The van der Waals surface area contributed by atoms with Crippen molar-refractivity contribution in [3.8, 4) is 0 Å². The number of carboxylic acid groups (broad SMARTS) is 3. The summed E-state index contributed by atoms with van der Waals surface area (Å²) in [6.45, 7) is 7.50. The van der Waals surface area contributed by atoms with Crippen molar-refractivity contribution in [2.45, 2.75) is 155 Å². The van der Waals surface area contributed by atoms with Crippen LogP contribution in [0.3, 0.4) is 0 Å². The summed E-state index contributed by atoms with van der Waals surface area (Å²) < 4.78 is -0.464. The Morgan fingerprint density at radius 2 is 0.886 bits per heavy atom. The molecule has 0 aromatic heterocycles. The number of hydrogen-bond acceptors (Lipinski definition) is 4. The molecule has 0 amide bonds. The monoisotopic (exact) mass is 499 g/mol. The predicted octanol–water partition coefficient (Wildman–Crippen LogP) is 5.54. The van der Waals surface area contributed by atoms with Crippen molar-refractivity contribution in [2.24, 2.45) is 0 Å². The zero-order valence-corrected chi connectivity index (χ0v) is 22.9. The molecule has 0 fully saturated rings. The summed E-state index contributed by atoms with van der Waals surface area (Å²) in [7, 11) is 0. The van der Waals surface area contributed by atoms with E-state index in [1.54, 1.807) is 20.8 Å². The second kappa shape index (κ2) is 19.5. The van der Waals surface area contributed by atoms with E-state index in [0.717, 1.165) is 19.3 Å². The van der Waals surface area contributed by atoms with Crippen LogP contribution in [0.1, 0.15) is 137 Å². The fraction of sp³-hybridized carbons (Fsp3) is 0.893. The number of nitrogens with zero attached hydrogens (tertiary/aromatic N) is 1. The van der Waals surface area contributed by atoms with Gasteiger partial charge in [-0.25, -0.2) is 9.59 Å². The topological polar surface area (TPSA) is 115 Å². The Bertz CT molecular complexity index is 539. The maximum Gasteiger partial charge on any atom is 0.362 e. The van der Waals surface area contributed by atoms with Crippen LogP contribution in [0.5, 0.6) is 0 Å². The van der Waals surface area contributed by atoms with E-state index in [9.17, 15) is 29.7 Å². The molecule has 0 heterocycles. The number of quaternary nitrogens is 1. The lowest BCUT2D eigenvalue weighted by atomic mass is 9.93. The maximum absolute atomic E-state index is 12.2. The van der Waals surface area contributed by atoms with Crippen LogP contribution in [0.4, 0.5) is 0 Å². The van der Waals surface area contributed by atoms with Crippen LogP contribution in [-0.4, -0.2) is 57.3 Å². The van der Waals surface area contributed by atoms with Gasteiger partial charge in [-0.2, -0.15) is 0 Å². The maximum atomic E-state index is 12.2. The Hall–Kier alpha value is -1.63. The molecule has 3 unspecified atom stereocenters. The highest BCUT2D eigenvalue weighted by molar-refractivity contribution is 5.77. The molecule has 3 atom stereocenters. The molecule has 0 aromatic rings. The molecule has 0 aromatic carbocycles. The van der Waals surface area contributed by atoms with Gasteiger partial charge in [0.1, 0.15) is 6.04 Å². The minimum absolute atomic E-state index is 0.133. The molecule has 7 nitrogen and oxygen atoms in total. The molecule has 0 saturated carbocycles. The lowest BCUT2D eigenvalue weighted by molar-refractivity contribution is -0.974. The first-order valence-electron chi connectivity index (χ1n) is 14.3. The molecule has 0 bridgehead atoms. The van der Waals surface area contributed by atoms with E-state index < -0.39 is 40.5 Å². The van der Waals surface area contributed by atoms with Crippen molar-refractivity contribution in [1.29, 1.82) is 0 Å². The van der Waals surface area contributed by atoms with Crippen molar-refractivity contribution in [3.63, 3.8) is 0 Å². The third-order valence-corrected chi connectivity index (χ3v) is 7.64. The quantitative estimate of drug-likeness (QED) is 0.133. The van der Waals surface area contributed by atoms with Gasteiger partial charge in [0.15, 0.2) is 12.1 Å². The SMILES string of the molecule is CCCCCCCCCCCCCCCC[N+](C(CC)C(=O)[O-])(C(CC)C(=O)O)C(CC)C(=O)O. The minimum Gasteiger partial charge on any atom is -0.544 e. The second-order valence-electron chi connectivity index (χ2n) is 10.1. The van der Waals surface area contributed by atoms with Gasteiger partial charge in [0, 0.05) is 19.3 Å². The third kappa shape index (κ3) is 11.3. The average molecular weight is 500 g/mol. The average Bonchev–Trinajstić information content (AvgIpc) is 2.79. The van der Waals surface area contributed by atoms with Crippen molar-refractivity contribution in [2.75, 3.05) is 6.54 Å². The summed E-state index contributed by atoms with van der Waals surface area (Å²) >= 11 is 0. The number of unbranched alkanes of at least 4 members (excludes halogenated alkanes) is 13. The number of carboxylic acids is 3. The van der Waals surface area contributed by atoms with Crippen molar-refractivity contribution < 1.29 is 34.2 Å². The highest BCUT2D eigenvalue weighted by atomic mass is 16.4. The molecule has 35 heavy (non-hydrogen) atoms. The summed E-state index contributed by atoms with van der Waals surface area (Å²) in [5.41, 5.74) is 0. The molecule has 0 spiro atoms. The zero-order valence-electron chi connectivity index (χ0n) is 22.9. The number of carbonyl (C=O) groups is 3. The molecule has 0 aliphatic rings. The summed E-state index contributed by atoms with van der Waals surface area (Å²) in [5, 5.41) is 32.0. The first-order valence-corrected chi connectivity index (χ1v) is 14.3. The van der Waals surface area contributed by atoms with Gasteiger partial charge in [-0.1, -0.05) is 105 Å². The predicted molar refractivity (Wildman–Crippen MR) is 138 cm³/mol. The molecule has 2 N–H and O–H groups in total.